The van der Waals surface area contributed by atoms with Crippen molar-refractivity contribution >= 4 is 51.6 Å². The van der Waals surface area contributed by atoms with Crippen molar-refractivity contribution in [3.63, 3.8) is 0 Å². The van der Waals surface area contributed by atoms with Gasteiger partial charge in [-0.15, -0.1) is 0 Å². The molecule has 0 spiro atoms. The Morgan fingerprint density at radius 2 is 1.68 bits per heavy atom. The molecular formula is C29H22ClN3O3S. The molecule has 8 heteroatoms. The maximum atomic E-state index is 12.6. The van der Waals surface area contributed by atoms with Crippen molar-refractivity contribution in [3.05, 3.63) is 102 Å². The van der Waals surface area contributed by atoms with Gasteiger partial charge in [0.15, 0.2) is 10.7 Å². The first-order chi connectivity index (χ1) is 18.0. The summed E-state index contributed by atoms with van der Waals surface area (Å²) in [6, 6.07) is 28.5. The van der Waals surface area contributed by atoms with Gasteiger partial charge in [-0.3, -0.25) is 10.1 Å². The van der Waals surface area contributed by atoms with Crippen LogP contribution in [0, 0.1) is 0 Å². The number of carbonyl (C=O) groups is 1. The predicted molar refractivity (Wildman–Crippen MR) is 151 cm³/mol. The zero-order valence-corrected chi connectivity index (χ0v) is 21.4. The Morgan fingerprint density at radius 3 is 2.41 bits per heavy atom. The fraction of sp³-hybridized carbons (Fsp3) is 0.0690. The van der Waals surface area contributed by atoms with Crippen LogP contribution >= 0.6 is 23.8 Å². The first-order valence-electron chi connectivity index (χ1n) is 11.6. The van der Waals surface area contributed by atoms with Gasteiger partial charge in [-0.25, -0.2) is 4.98 Å². The van der Waals surface area contributed by atoms with Gasteiger partial charge in [0.1, 0.15) is 11.3 Å². The third-order valence-electron chi connectivity index (χ3n) is 5.61. The molecule has 184 valence electrons. The van der Waals surface area contributed by atoms with Gasteiger partial charge in [0, 0.05) is 16.8 Å². The second-order valence-corrected chi connectivity index (χ2v) is 8.95. The summed E-state index contributed by atoms with van der Waals surface area (Å²) in [5.41, 5.74) is 5.49. The molecule has 5 aromatic rings. The molecule has 4 aromatic carbocycles. The maximum absolute atomic E-state index is 12.6. The minimum absolute atomic E-state index is 0.148. The molecule has 0 bridgehead atoms. The number of hydrogen-bond donors (Lipinski definition) is 2. The van der Waals surface area contributed by atoms with E-state index in [4.69, 9.17) is 33.0 Å². The van der Waals surface area contributed by atoms with Gasteiger partial charge >= 0.3 is 0 Å². The van der Waals surface area contributed by atoms with Crippen LogP contribution in [0.1, 0.15) is 17.3 Å². The van der Waals surface area contributed by atoms with Crippen LogP contribution in [-0.2, 0) is 0 Å². The van der Waals surface area contributed by atoms with Gasteiger partial charge in [0.2, 0.25) is 5.89 Å². The summed E-state index contributed by atoms with van der Waals surface area (Å²) in [5.74, 6) is 0.662. The molecule has 0 atom stereocenters. The van der Waals surface area contributed by atoms with Crippen molar-refractivity contribution < 1.29 is 13.9 Å². The van der Waals surface area contributed by atoms with Gasteiger partial charge in [-0.1, -0.05) is 54.1 Å². The number of ether oxygens (including phenoxy) is 1. The monoisotopic (exact) mass is 527 g/mol. The van der Waals surface area contributed by atoms with Crippen molar-refractivity contribution in [1.29, 1.82) is 0 Å². The average molecular weight is 528 g/mol. The molecule has 0 radical (unpaired) electrons. The maximum Gasteiger partial charge on any atom is 0.257 e. The molecule has 2 N–H and O–H groups in total. The number of rotatable bonds is 6. The van der Waals surface area contributed by atoms with Gasteiger partial charge < -0.3 is 14.5 Å². The largest absolute Gasteiger partial charge is 0.492 e. The zero-order valence-electron chi connectivity index (χ0n) is 19.8. The third-order valence-corrected chi connectivity index (χ3v) is 6.10. The quantitative estimate of drug-likeness (QED) is 0.225. The van der Waals surface area contributed by atoms with Crippen molar-refractivity contribution in [2.45, 2.75) is 6.92 Å². The van der Waals surface area contributed by atoms with E-state index in [0.29, 0.717) is 45.6 Å². The van der Waals surface area contributed by atoms with E-state index in [1.54, 1.807) is 18.2 Å². The number of fused-ring (bicyclic) bond motifs is 1. The van der Waals surface area contributed by atoms with Crippen LogP contribution in [0.4, 0.5) is 5.69 Å². The normalized spacial score (nSPS) is 10.8. The Labute approximate surface area is 224 Å². The van der Waals surface area contributed by atoms with Crippen LogP contribution in [0.25, 0.3) is 33.7 Å². The third kappa shape index (κ3) is 5.63. The molecular weight excluding hydrogens is 506 g/mol. The Kier molecular flexibility index (Phi) is 7.16. The molecule has 0 aliphatic rings. The zero-order chi connectivity index (χ0) is 25.8. The number of amides is 1. The summed E-state index contributed by atoms with van der Waals surface area (Å²) in [7, 11) is 0. The molecule has 0 unspecified atom stereocenters. The van der Waals surface area contributed by atoms with Crippen molar-refractivity contribution in [3.8, 4) is 28.3 Å². The SMILES string of the molecule is CCOc1ccc(C(=O)NC(=S)Nc2ccc3oc(-c4ccc(-c5ccccc5)cc4)nc3c2)cc1Cl. The van der Waals surface area contributed by atoms with E-state index in [1.807, 2.05) is 67.6 Å². The van der Waals surface area contributed by atoms with Crippen molar-refractivity contribution in [1.82, 2.24) is 10.3 Å². The second-order valence-electron chi connectivity index (χ2n) is 8.13. The van der Waals surface area contributed by atoms with Crippen LogP contribution < -0.4 is 15.4 Å². The van der Waals surface area contributed by atoms with E-state index < -0.39 is 0 Å². The summed E-state index contributed by atoms with van der Waals surface area (Å²) >= 11 is 11.5. The highest BCUT2D eigenvalue weighted by Crippen LogP contribution is 2.29. The number of hydrogen-bond acceptors (Lipinski definition) is 5. The van der Waals surface area contributed by atoms with Gasteiger partial charge in [0.05, 0.1) is 11.6 Å². The van der Waals surface area contributed by atoms with Crippen LogP contribution in [0.15, 0.2) is 95.4 Å². The second kappa shape index (κ2) is 10.8. The molecule has 37 heavy (non-hydrogen) atoms. The lowest BCUT2D eigenvalue weighted by Crippen LogP contribution is -2.34. The molecule has 0 saturated heterocycles. The topological polar surface area (TPSA) is 76.4 Å². The fourth-order valence-corrected chi connectivity index (χ4v) is 4.26. The molecule has 5 rings (SSSR count). The smallest absolute Gasteiger partial charge is 0.257 e. The summed E-state index contributed by atoms with van der Waals surface area (Å²) in [6.07, 6.45) is 0. The number of nitrogens with one attached hydrogen (secondary N) is 2. The average Bonchev–Trinajstić information content (AvgIpc) is 3.34. The van der Waals surface area contributed by atoms with Gasteiger partial charge in [0.25, 0.3) is 5.91 Å². The first-order valence-corrected chi connectivity index (χ1v) is 12.4. The molecule has 1 aromatic heterocycles. The van der Waals surface area contributed by atoms with E-state index in [1.165, 1.54) is 0 Å². The Bertz CT molecular complexity index is 1580. The molecule has 1 heterocycles. The number of thiocarbonyl (C=S) groups is 1. The van der Waals surface area contributed by atoms with Crippen molar-refractivity contribution in [2.24, 2.45) is 0 Å². The standard InChI is InChI=1S/C29H22ClN3O3S/c1-2-35-25-14-12-21(16-23(25)30)27(34)33-29(37)31-22-13-15-26-24(17-22)32-28(36-26)20-10-8-19(9-11-20)18-6-4-3-5-7-18/h3-17H,2H2,1H3,(H2,31,33,34,37). The molecule has 1 amide bonds. The number of nitrogens with zero attached hydrogens (tertiary/aromatic N) is 1. The molecule has 6 nitrogen and oxygen atoms in total. The highest BCUT2D eigenvalue weighted by atomic mass is 35.5. The minimum Gasteiger partial charge on any atom is -0.492 e. The number of anilines is 1. The van der Waals surface area contributed by atoms with Gasteiger partial charge in [-0.2, -0.15) is 0 Å². The molecule has 0 aliphatic carbocycles. The highest BCUT2D eigenvalue weighted by Gasteiger charge is 2.13. The van der Waals surface area contributed by atoms with Crippen LogP contribution in [0.3, 0.4) is 0 Å². The van der Waals surface area contributed by atoms with Gasteiger partial charge in [-0.05, 0) is 78.8 Å². The molecule has 0 saturated carbocycles. The van der Waals surface area contributed by atoms with E-state index in [2.05, 4.69) is 27.8 Å². The summed E-state index contributed by atoms with van der Waals surface area (Å²) < 4.78 is 11.4. The number of aromatic nitrogens is 1. The predicted octanol–water partition coefficient (Wildman–Crippen LogP) is 7.34. The summed E-state index contributed by atoms with van der Waals surface area (Å²) in [5, 5.41) is 6.18. The number of halogens is 1. The first kappa shape index (κ1) is 24.5. The molecule has 0 fully saturated rings. The van der Waals surface area contributed by atoms with E-state index in [-0.39, 0.29) is 11.0 Å². The van der Waals surface area contributed by atoms with Crippen LogP contribution in [0.2, 0.25) is 5.02 Å². The van der Waals surface area contributed by atoms with E-state index >= 15 is 0 Å². The highest BCUT2D eigenvalue weighted by molar-refractivity contribution is 7.80. The fourth-order valence-electron chi connectivity index (χ4n) is 3.82. The Hall–Kier alpha value is -4.20. The number of oxazole rings is 1. The summed E-state index contributed by atoms with van der Waals surface area (Å²) in [4.78, 5) is 17.2. The van der Waals surface area contributed by atoms with E-state index in [0.717, 1.165) is 16.7 Å². The van der Waals surface area contributed by atoms with E-state index in [9.17, 15) is 4.79 Å². The Balaban J connectivity index is 1.26. The number of benzene rings is 4. The Morgan fingerprint density at radius 1 is 0.946 bits per heavy atom. The van der Waals surface area contributed by atoms with Crippen LogP contribution in [0.5, 0.6) is 5.75 Å². The number of carbonyl (C=O) groups excluding carboxylic acids is 1. The molecule has 0 aliphatic heterocycles. The minimum atomic E-state index is -0.383. The lowest BCUT2D eigenvalue weighted by molar-refractivity contribution is 0.0977. The summed E-state index contributed by atoms with van der Waals surface area (Å²) in [6.45, 7) is 2.35. The van der Waals surface area contributed by atoms with Crippen LogP contribution in [-0.4, -0.2) is 22.6 Å². The lowest BCUT2D eigenvalue weighted by atomic mass is 10.0. The van der Waals surface area contributed by atoms with Crippen molar-refractivity contribution in [2.75, 3.05) is 11.9 Å². The lowest BCUT2D eigenvalue weighted by Gasteiger charge is -2.11.